The van der Waals surface area contributed by atoms with Crippen molar-refractivity contribution >= 4 is 16.6 Å². The second-order valence-corrected chi connectivity index (χ2v) is 5.07. The van der Waals surface area contributed by atoms with E-state index in [1.807, 2.05) is 13.0 Å². The zero-order chi connectivity index (χ0) is 12.0. The molecule has 0 radical (unpaired) electrons. The van der Waals surface area contributed by atoms with Crippen molar-refractivity contribution in [3.8, 4) is 6.07 Å². The quantitative estimate of drug-likeness (QED) is 0.787. The number of anilines is 1. The van der Waals surface area contributed by atoms with Gasteiger partial charge in [-0.1, -0.05) is 0 Å². The van der Waals surface area contributed by atoms with Gasteiger partial charge in [-0.2, -0.15) is 5.26 Å². The molecule has 1 N–H and O–H groups in total. The molecule has 0 spiro atoms. The molecule has 0 saturated heterocycles. The van der Waals surface area contributed by atoms with Crippen LogP contribution in [0.4, 0.5) is 5.82 Å². The van der Waals surface area contributed by atoms with Crippen molar-refractivity contribution in [1.29, 1.82) is 5.26 Å². The van der Waals surface area contributed by atoms with Crippen LogP contribution in [0.5, 0.6) is 0 Å². The smallest absolute Gasteiger partial charge is 0.144 e. The standard InChI is InChI=1S/C11H15N3OS/c1-9-4-5-10(8-12)11(14-9)13-6-3-7-16(2)15/h4-5H,3,6-7H2,1-2H3,(H,13,14). The summed E-state index contributed by atoms with van der Waals surface area (Å²) in [4.78, 5) is 4.25. The second-order valence-electron chi connectivity index (χ2n) is 3.52. The first kappa shape index (κ1) is 12.7. The lowest BCUT2D eigenvalue weighted by Crippen LogP contribution is -2.08. The highest BCUT2D eigenvalue weighted by Crippen LogP contribution is 2.11. The molecule has 86 valence electrons. The Labute approximate surface area is 98.2 Å². The number of pyridine rings is 1. The molecule has 4 nitrogen and oxygen atoms in total. The SMILES string of the molecule is Cc1ccc(C#N)c(NCCCS(C)=O)n1. The van der Waals surface area contributed by atoms with Crippen LogP contribution in [0.1, 0.15) is 17.7 Å². The molecule has 0 aliphatic carbocycles. The van der Waals surface area contributed by atoms with E-state index < -0.39 is 10.8 Å². The maximum Gasteiger partial charge on any atom is 0.144 e. The summed E-state index contributed by atoms with van der Waals surface area (Å²) in [5.41, 5.74) is 1.42. The third-order valence-electron chi connectivity index (χ3n) is 2.06. The molecule has 1 atom stereocenters. The molecule has 1 rings (SSSR count). The Kier molecular flexibility index (Phi) is 4.93. The minimum absolute atomic E-state index is 0.545. The van der Waals surface area contributed by atoms with Gasteiger partial charge in [0.1, 0.15) is 11.9 Å². The number of hydrogen-bond acceptors (Lipinski definition) is 4. The fraction of sp³-hybridized carbons (Fsp3) is 0.455. The van der Waals surface area contributed by atoms with Crippen LogP contribution in [0.2, 0.25) is 0 Å². The topological polar surface area (TPSA) is 65.8 Å². The van der Waals surface area contributed by atoms with E-state index in [9.17, 15) is 4.21 Å². The van der Waals surface area contributed by atoms with E-state index in [0.717, 1.165) is 12.1 Å². The predicted octanol–water partition coefficient (Wildman–Crippen LogP) is 1.44. The number of aromatic nitrogens is 1. The van der Waals surface area contributed by atoms with E-state index in [1.165, 1.54) is 0 Å². The number of nitrogens with zero attached hydrogens (tertiary/aromatic N) is 2. The summed E-state index contributed by atoms with van der Waals surface area (Å²) >= 11 is 0. The van der Waals surface area contributed by atoms with Gasteiger partial charge < -0.3 is 5.32 Å². The van der Waals surface area contributed by atoms with Crippen LogP contribution < -0.4 is 5.32 Å². The molecule has 1 unspecified atom stereocenters. The predicted molar refractivity (Wildman–Crippen MR) is 65.7 cm³/mol. The summed E-state index contributed by atoms with van der Waals surface area (Å²) in [6, 6.07) is 5.65. The van der Waals surface area contributed by atoms with Crippen LogP contribution in [0.15, 0.2) is 12.1 Å². The highest BCUT2D eigenvalue weighted by molar-refractivity contribution is 7.84. The molecule has 5 heteroatoms. The molecule has 0 aromatic carbocycles. The number of aryl methyl sites for hydroxylation is 1. The summed E-state index contributed by atoms with van der Waals surface area (Å²) in [6.07, 6.45) is 2.50. The molecular formula is C11H15N3OS. The van der Waals surface area contributed by atoms with Crippen LogP contribution >= 0.6 is 0 Å². The van der Waals surface area contributed by atoms with Crippen LogP contribution in [-0.2, 0) is 10.8 Å². The largest absolute Gasteiger partial charge is 0.369 e. The van der Waals surface area contributed by atoms with Crippen molar-refractivity contribution in [2.75, 3.05) is 23.9 Å². The van der Waals surface area contributed by atoms with Crippen molar-refractivity contribution in [1.82, 2.24) is 4.98 Å². The molecule has 0 bridgehead atoms. The Morgan fingerprint density at radius 3 is 2.94 bits per heavy atom. The maximum atomic E-state index is 10.8. The van der Waals surface area contributed by atoms with Crippen molar-refractivity contribution in [3.05, 3.63) is 23.4 Å². The van der Waals surface area contributed by atoms with Gasteiger partial charge in [0, 0.05) is 35.0 Å². The first-order valence-corrected chi connectivity index (χ1v) is 6.78. The van der Waals surface area contributed by atoms with Crippen LogP contribution in [0, 0.1) is 18.3 Å². The highest BCUT2D eigenvalue weighted by atomic mass is 32.2. The van der Waals surface area contributed by atoms with E-state index in [0.29, 0.717) is 23.7 Å². The fourth-order valence-electron chi connectivity index (χ4n) is 1.26. The first-order valence-electron chi connectivity index (χ1n) is 5.05. The van der Waals surface area contributed by atoms with Crippen LogP contribution in [-0.4, -0.2) is 27.7 Å². The fourth-order valence-corrected chi connectivity index (χ4v) is 1.81. The van der Waals surface area contributed by atoms with Crippen molar-refractivity contribution in [2.45, 2.75) is 13.3 Å². The summed E-state index contributed by atoms with van der Waals surface area (Å²) < 4.78 is 10.8. The number of hydrogen-bond donors (Lipinski definition) is 1. The molecule has 0 saturated carbocycles. The minimum atomic E-state index is -0.760. The molecule has 0 aliphatic rings. The van der Waals surface area contributed by atoms with Crippen LogP contribution in [0.25, 0.3) is 0 Å². The summed E-state index contributed by atoms with van der Waals surface area (Å²) in [5.74, 6) is 1.28. The Morgan fingerprint density at radius 1 is 1.56 bits per heavy atom. The van der Waals surface area contributed by atoms with Gasteiger partial charge in [0.25, 0.3) is 0 Å². The molecule has 16 heavy (non-hydrogen) atoms. The molecule has 0 amide bonds. The summed E-state index contributed by atoms with van der Waals surface area (Å²) in [6.45, 7) is 2.57. The molecule has 1 aromatic rings. The number of nitrogens with one attached hydrogen (secondary N) is 1. The van der Waals surface area contributed by atoms with E-state index in [2.05, 4.69) is 16.4 Å². The average molecular weight is 237 g/mol. The third kappa shape index (κ3) is 3.99. The molecule has 1 heterocycles. The number of nitriles is 1. The monoisotopic (exact) mass is 237 g/mol. The zero-order valence-corrected chi connectivity index (χ0v) is 10.3. The second kappa shape index (κ2) is 6.23. The van der Waals surface area contributed by atoms with E-state index in [1.54, 1.807) is 12.3 Å². The van der Waals surface area contributed by atoms with Crippen molar-refractivity contribution < 1.29 is 4.21 Å². The molecule has 0 aliphatic heterocycles. The van der Waals surface area contributed by atoms with Crippen molar-refractivity contribution in [3.63, 3.8) is 0 Å². The third-order valence-corrected chi connectivity index (χ3v) is 2.92. The lowest BCUT2D eigenvalue weighted by atomic mass is 10.2. The van der Waals surface area contributed by atoms with Gasteiger partial charge in [0.05, 0.1) is 5.56 Å². The lowest BCUT2D eigenvalue weighted by Gasteiger charge is -2.07. The van der Waals surface area contributed by atoms with Gasteiger partial charge in [0.2, 0.25) is 0 Å². The molecular weight excluding hydrogens is 222 g/mol. The molecule has 0 fully saturated rings. The zero-order valence-electron chi connectivity index (χ0n) is 9.49. The van der Waals surface area contributed by atoms with Gasteiger partial charge in [-0.05, 0) is 25.5 Å². The average Bonchev–Trinajstić information content (AvgIpc) is 2.24. The van der Waals surface area contributed by atoms with E-state index >= 15 is 0 Å². The Hall–Kier alpha value is -1.41. The summed E-state index contributed by atoms with van der Waals surface area (Å²) in [7, 11) is -0.760. The molecule has 1 aromatic heterocycles. The Balaban J connectivity index is 2.56. The Bertz CT molecular complexity index is 426. The van der Waals surface area contributed by atoms with Crippen LogP contribution in [0.3, 0.4) is 0 Å². The van der Waals surface area contributed by atoms with Gasteiger partial charge >= 0.3 is 0 Å². The Morgan fingerprint density at radius 2 is 2.31 bits per heavy atom. The first-order chi connectivity index (χ1) is 7.63. The van der Waals surface area contributed by atoms with Gasteiger partial charge in [-0.3, -0.25) is 4.21 Å². The lowest BCUT2D eigenvalue weighted by molar-refractivity contribution is 0.685. The number of rotatable bonds is 5. The summed E-state index contributed by atoms with van der Waals surface area (Å²) in [5, 5.41) is 12.0. The van der Waals surface area contributed by atoms with Gasteiger partial charge in [-0.15, -0.1) is 0 Å². The minimum Gasteiger partial charge on any atom is -0.369 e. The van der Waals surface area contributed by atoms with Gasteiger partial charge in [0.15, 0.2) is 0 Å². The van der Waals surface area contributed by atoms with E-state index in [4.69, 9.17) is 5.26 Å². The maximum absolute atomic E-state index is 10.8. The highest BCUT2D eigenvalue weighted by Gasteiger charge is 2.02. The normalized spacial score (nSPS) is 11.8. The van der Waals surface area contributed by atoms with Gasteiger partial charge in [-0.25, -0.2) is 4.98 Å². The van der Waals surface area contributed by atoms with E-state index in [-0.39, 0.29) is 0 Å². The van der Waals surface area contributed by atoms with Crippen molar-refractivity contribution in [2.24, 2.45) is 0 Å².